The van der Waals surface area contributed by atoms with Crippen LogP contribution in [0.15, 0.2) is 18.2 Å². The van der Waals surface area contributed by atoms with E-state index in [1.54, 1.807) is 25.1 Å². The monoisotopic (exact) mass is 330 g/mol. The van der Waals surface area contributed by atoms with Gasteiger partial charge in [-0.15, -0.1) is 0 Å². The van der Waals surface area contributed by atoms with Crippen LogP contribution in [0.25, 0.3) is 0 Å². The third kappa shape index (κ3) is 6.82. The maximum Gasteiger partial charge on any atom is 0.192 e. The van der Waals surface area contributed by atoms with Gasteiger partial charge in [0.2, 0.25) is 0 Å². The van der Waals surface area contributed by atoms with Crippen LogP contribution in [-0.2, 0) is 4.74 Å². The highest BCUT2D eigenvalue weighted by Gasteiger charge is 2.18. The Morgan fingerprint density at radius 1 is 1.14 bits per heavy atom. The number of halogens is 2. The molecular formula is C17H24Cl2O2. The van der Waals surface area contributed by atoms with Crippen molar-refractivity contribution >= 4 is 29.0 Å². The second kappa shape index (κ2) is 10.2. The first-order valence-electron chi connectivity index (χ1n) is 7.67. The molecule has 1 aromatic rings. The summed E-state index contributed by atoms with van der Waals surface area (Å²) in [6.07, 6.45) is 6.75. The van der Waals surface area contributed by atoms with Crippen LogP contribution in [0.4, 0.5) is 0 Å². The van der Waals surface area contributed by atoms with Crippen LogP contribution >= 0.6 is 23.2 Å². The van der Waals surface area contributed by atoms with Crippen molar-refractivity contribution in [2.24, 2.45) is 0 Å². The second-order valence-corrected chi connectivity index (χ2v) is 6.11. The molecule has 1 aromatic carbocycles. The average Bonchev–Trinajstić information content (AvgIpc) is 2.45. The van der Waals surface area contributed by atoms with Gasteiger partial charge in [0.25, 0.3) is 0 Å². The molecule has 0 fully saturated rings. The first-order chi connectivity index (χ1) is 10.1. The van der Waals surface area contributed by atoms with Gasteiger partial charge in [-0.05, 0) is 31.5 Å². The molecule has 0 N–H and O–H groups in total. The fourth-order valence-electron chi connectivity index (χ4n) is 2.13. The van der Waals surface area contributed by atoms with Crippen LogP contribution in [-0.4, -0.2) is 18.5 Å². The van der Waals surface area contributed by atoms with Crippen molar-refractivity contribution in [3.8, 4) is 0 Å². The predicted molar refractivity (Wildman–Crippen MR) is 89.6 cm³/mol. The van der Waals surface area contributed by atoms with E-state index in [0.29, 0.717) is 22.2 Å². The number of carbonyl (C=O) groups is 1. The zero-order valence-electron chi connectivity index (χ0n) is 12.8. The number of hydrogen-bond donors (Lipinski definition) is 0. The Balaban J connectivity index is 2.31. The van der Waals surface area contributed by atoms with Gasteiger partial charge in [-0.3, -0.25) is 4.79 Å². The molecule has 4 heteroatoms. The molecule has 21 heavy (non-hydrogen) atoms. The Bertz CT molecular complexity index is 446. The lowest BCUT2D eigenvalue weighted by Crippen LogP contribution is -2.21. The fourth-order valence-corrected chi connectivity index (χ4v) is 2.63. The maximum atomic E-state index is 12.2. The number of Topliss-reactive ketones (excluding diaryl/α,β-unsaturated/α-hetero) is 1. The first kappa shape index (κ1) is 18.5. The third-order valence-electron chi connectivity index (χ3n) is 3.43. The third-order valence-corrected chi connectivity index (χ3v) is 3.98. The van der Waals surface area contributed by atoms with E-state index in [2.05, 4.69) is 6.92 Å². The van der Waals surface area contributed by atoms with Gasteiger partial charge < -0.3 is 4.74 Å². The van der Waals surface area contributed by atoms with E-state index in [0.717, 1.165) is 12.8 Å². The van der Waals surface area contributed by atoms with Gasteiger partial charge in [-0.2, -0.15) is 0 Å². The number of ether oxygens (including phenoxy) is 1. The minimum Gasteiger partial charge on any atom is -0.370 e. The summed E-state index contributed by atoms with van der Waals surface area (Å²) < 4.78 is 5.61. The Kier molecular flexibility index (Phi) is 8.98. The molecule has 0 heterocycles. The first-order valence-corrected chi connectivity index (χ1v) is 8.42. The Hall–Kier alpha value is -0.570. The van der Waals surface area contributed by atoms with E-state index in [9.17, 15) is 4.79 Å². The molecule has 118 valence electrons. The Labute approximate surface area is 137 Å². The topological polar surface area (TPSA) is 26.3 Å². The molecule has 0 aliphatic heterocycles. The van der Waals surface area contributed by atoms with Crippen molar-refractivity contribution in [1.29, 1.82) is 0 Å². The van der Waals surface area contributed by atoms with E-state index < -0.39 is 6.10 Å². The van der Waals surface area contributed by atoms with Gasteiger partial charge in [0.05, 0.1) is 5.02 Å². The fraction of sp³-hybridized carbons (Fsp3) is 0.588. The van der Waals surface area contributed by atoms with Crippen LogP contribution in [0.2, 0.25) is 10.0 Å². The summed E-state index contributed by atoms with van der Waals surface area (Å²) in [6, 6.07) is 4.90. The van der Waals surface area contributed by atoms with Crippen LogP contribution < -0.4 is 0 Å². The Morgan fingerprint density at radius 3 is 2.48 bits per heavy atom. The minimum absolute atomic E-state index is 0.0948. The largest absolute Gasteiger partial charge is 0.370 e. The number of hydrogen-bond acceptors (Lipinski definition) is 2. The van der Waals surface area contributed by atoms with Gasteiger partial charge in [0.1, 0.15) is 6.10 Å². The van der Waals surface area contributed by atoms with Crippen molar-refractivity contribution in [3.05, 3.63) is 33.8 Å². The zero-order valence-corrected chi connectivity index (χ0v) is 14.3. The number of ketones is 1. The van der Waals surface area contributed by atoms with Crippen LogP contribution in [0.1, 0.15) is 62.7 Å². The van der Waals surface area contributed by atoms with Crippen molar-refractivity contribution in [3.63, 3.8) is 0 Å². The molecular weight excluding hydrogens is 307 g/mol. The molecule has 0 saturated carbocycles. The van der Waals surface area contributed by atoms with Crippen LogP contribution in [0.5, 0.6) is 0 Å². The van der Waals surface area contributed by atoms with Crippen molar-refractivity contribution in [2.75, 3.05) is 6.61 Å². The lowest BCUT2D eigenvalue weighted by atomic mass is 10.1. The van der Waals surface area contributed by atoms with Gasteiger partial charge in [0.15, 0.2) is 5.78 Å². The molecule has 0 spiro atoms. The highest BCUT2D eigenvalue weighted by atomic mass is 35.5. The summed E-state index contributed by atoms with van der Waals surface area (Å²) in [5, 5.41) is 0.903. The van der Waals surface area contributed by atoms with Gasteiger partial charge in [-0.25, -0.2) is 0 Å². The van der Waals surface area contributed by atoms with Crippen LogP contribution in [0, 0.1) is 0 Å². The number of carbonyl (C=O) groups excluding carboxylic acids is 1. The molecule has 0 aliphatic carbocycles. The molecule has 1 rings (SSSR count). The summed E-state index contributed by atoms with van der Waals surface area (Å²) in [4.78, 5) is 12.2. The molecule has 0 radical (unpaired) electrons. The summed E-state index contributed by atoms with van der Waals surface area (Å²) >= 11 is 11.9. The molecule has 0 aliphatic rings. The predicted octanol–water partition coefficient (Wildman–Crippen LogP) is 5.94. The quantitative estimate of drug-likeness (QED) is 0.392. The lowest BCUT2D eigenvalue weighted by Gasteiger charge is -2.13. The summed E-state index contributed by atoms with van der Waals surface area (Å²) in [7, 11) is 0. The van der Waals surface area contributed by atoms with E-state index in [1.807, 2.05) is 0 Å². The van der Waals surface area contributed by atoms with E-state index >= 15 is 0 Å². The molecule has 1 atom stereocenters. The van der Waals surface area contributed by atoms with E-state index in [4.69, 9.17) is 27.9 Å². The summed E-state index contributed by atoms with van der Waals surface area (Å²) in [6.45, 7) is 4.59. The standard InChI is InChI=1S/C17H24Cl2O2/c1-3-4-5-6-7-8-11-21-13(2)17(20)15-10-9-14(18)12-16(15)19/h9-10,12-13H,3-8,11H2,1-2H3. The summed E-state index contributed by atoms with van der Waals surface area (Å²) in [5.41, 5.74) is 0.469. The van der Waals surface area contributed by atoms with Gasteiger partial charge in [-0.1, -0.05) is 62.2 Å². The SMILES string of the molecule is CCCCCCCCOC(C)C(=O)c1ccc(Cl)cc1Cl. The molecule has 0 aromatic heterocycles. The highest BCUT2D eigenvalue weighted by molar-refractivity contribution is 6.37. The number of unbranched alkanes of at least 4 members (excludes halogenated alkanes) is 5. The molecule has 0 amide bonds. The number of rotatable bonds is 10. The average molecular weight is 331 g/mol. The highest BCUT2D eigenvalue weighted by Crippen LogP contribution is 2.22. The van der Waals surface area contributed by atoms with Crippen molar-refractivity contribution in [2.45, 2.75) is 58.5 Å². The summed E-state index contributed by atoms with van der Waals surface area (Å²) in [5.74, 6) is -0.0948. The Morgan fingerprint density at radius 2 is 1.81 bits per heavy atom. The zero-order chi connectivity index (χ0) is 15.7. The second-order valence-electron chi connectivity index (χ2n) is 5.27. The number of benzene rings is 1. The molecule has 0 saturated heterocycles. The molecule has 1 unspecified atom stereocenters. The van der Waals surface area contributed by atoms with Crippen molar-refractivity contribution < 1.29 is 9.53 Å². The smallest absolute Gasteiger partial charge is 0.192 e. The normalized spacial score (nSPS) is 12.4. The van der Waals surface area contributed by atoms with Gasteiger partial charge in [0, 0.05) is 17.2 Å². The van der Waals surface area contributed by atoms with Crippen LogP contribution in [0.3, 0.4) is 0 Å². The lowest BCUT2D eigenvalue weighted by molar-refractivity contribution is 0.0464. The van der Waals surface area contributed by atoms with E-state index in [1.165, 1.54) is 25.7 Å². The maximum absolute atomic E-state index is 12.2. The molecule has 0 bridgehead atoms. The van der Waals surface area contributed by atoms with Gasteiger partial charge >= 0.3 is 0 Å². The molecule has 2 nitrogen and oxygen atoms in total. The minimum atomic E-state index is -0.473. The van der Waals surface area contributed by atoms with E-state index in [-0.39, 0.29) is 5.78 Å². The van der Waals surface area contributed by atoms with Crippen molar-refractivity contribution in [1.82, 2.24) is 0 Å².